The summed E-state index contributed by atoms with van der Waals surface area (Å²) in [5.74, 6) is -2.80. The number of aromatic nitrogens is 1. The topological polar surface area (TPSA) is 101 Å². The quantitative estimate of drug-likeness (QED) is 0.136. The number of nitrogen functional groups attached to an aromatic ring is 1. The fourth-order valence-electron chi connectivity index (χ4n) is 5.48. The first kappa shape index (κ1) is 32.4. The number of likely N-dealkylation sites (tertiary alicyclic amines) is 1. The number of halogens is 5. The Kier molecular flexibility index (Phi) is 8.74. The number of nitrogens with one attached hydrogen (secondary N) is 1. The lowest BCUT2D eigenvalue weighted by atomic mass is 9.95. The number of hydrogen-bond donors (Lipinski definition) is 2. The van der Waals surface area contributed by atoms with Crippen LogP contribution in [0, 0.1) is 0 Å². The zero-order valence-corrected chi connectivity index (χ0v) is 25.4. The van der Waals surface area contributed by atoms with E-state index in [1.54, 1.807) is 66.7 Å². The van der Waals surface area contributed by atoms with E-state index in [0.717, 1.165) is 12.1 Å². The molecule has 0 unspecified atom stereocenters. The Morgan fingerprint density at radius 3 is 2.38 bits per heavy atom. The van der Waals surface area contributed by atoms with Crippen LogP contribution in [0.25, 0.3) is 39.3 Å². The number of nitrogens with two attached hydrogens (primary N) is 1. The average Bonchev–Trinajstić information content (AvgIpc) is 3.49. The van der Waals surface area contributed by atoms with E-state index in [1.165, 1.54) is 23.2 Å². The number of alkyl halides is 5. The van der Waals surface area contributed by atoms with Gasteiger partial charge >= 0.3 is 6.18 Å². The number of fused-ring (bicyclic) bond motifs is 1. The van der Waals surface area contributed by atoms with Gasteiger partial charge in [0.15, 0.2) is 0 Å². The van der Waals surface area contributed by atoms with Gasteiger partial charge in [0.1, 0.15) is 17.2 Å². The minimum Gasteiger partial charge on any atom is -0.459 e. The summed E-state index contributed by atoms with van der Waals surface area (Å²) in [5.41, 5.74) is 8.10. The number of carbonyl (C=O) groups is 2. The largest absolute Gasteiger partial charge is 0.459 e. The summed E-state index contributed by atoms with van der Waals surface area (Å²) in [7, 11) is 0. The molecule has 246 valence electrons. The van der Waals surface area contributed by atoms with Gasteiger partial charge in [-0.2, -0.15) is 13.2 Å². The minimum absolute atomic E-state index is 0.00838. The Morgan fingerprint density at radius 2 is 1.69 bits per heavy atom. The standard InChI is InChI=1S/C36H29F5N4O3/c37-35(38)12-14-45(15-13-35)34(47)24-8-6-23(7-9-24)26-16-27-18-29(21-44-32(46)11-5-22-4-10-31(42)43-20-22)48-33(27)30(19-26)25-2-1-3-28(17-25)36(39,40)41/h1-11,16-20H,12-15,21H2,(H2,42,43)(H,44,46)/b11-5+. The van der Waals surface area contributed by atoms with Crippen molar-refractivity contribution < 1.29 is 36.0 Å². The molecule has 0 saturated carbocycles. The SMILES string of the molecule is Nc1ccc(/C=C/C(=O)NCc2cc3cc(-c4ccc(C(=O)N5CCC(F)(F)CC5)cc4)cc(-c4cccc(C(F)(F)F)c4)c3o2)cn1. The number of furan rings is 1. The molecule has 3 N–H and O–H groups in total. The molecule has 5 aromatic rings. The van der Waals surface area contributed by atoms with Gasteiger partial charge in [-0.25, -0.2) is 13.8 Å². The lowest BCUT2D eigenvalue weighted by molar-refractivity contribution is -0.137. The first-order valence-electron chi connectivity index (χ1n) is 15.0. The summed E-state index contributed by atoms with van der Waals surface area (Å²) in [4.78, 5) is 30.8. The van der Waals surface area contributed by atoms with Crippen LogP contribution in [0.3, 0.4) is 0 Å². The van der Waals surface area contributed by atoms with Crippen LogP contribution in [0.15, 0.2) is 95.6 Å². The highest BCUT2D eigenvalue weighted by atomic mass is 19.4. The smallest absolute Gasteiger partial charge is 0.416 e. The van der Waals surface area contributed by atoms with Gasteiger partial charge in [-0.3, -0.25) is 9.59 Å². The van der Waals surface area contributed by atoms with Crippen LogP contribution in [-0.4, -0.2) is 40.7 Å². The van der Waals surface area contributed by atoms with Gasteiger partial charge in [0.2, 0.25) is 5.91 Å². The molecule has 1 fully saturated rings. The predicted molar refractivity (Wildman–Crippen MR) is 172 cm³/mol. The monoisotopic (exact) mass is 660 g/mol. The van der Waals surface area contributed by atoms with Crippen LogP contribution in [0.5, 0.6) is 0 Å². The molecular formula is C36H29F5N4O3. The first-order valence-corrected chi connectivity index (χ1v) is 15.0. The van der Waals surface area contributed by atoms with Crippen LogP contribution < -0.4 is 11.1 Å². The summed E-state index contributed by atoms with van der Waals surface area (Å²) >= 11 is 0. The first-order chi connectivity index (χ1) is 22.8. The summed E-state index contributed by atoms with van der Waals surface area (Å²) in [6.45, 7) is -0.0666. The highest BCUT2D eigenvalue weighted by Gasteiger charge is 2.36. The third-order valence-corrected chi connectivity index (χ3v) is 8.09. The number of amides is 2. The van der Waals surface area contributed by atoms with Gasteiger partial charge in [0, 0.05) is 54.7 Å². The van der Waals surface area contributed by atoms with Crippen molar-refractivity contribution in [3.8, 4) is 22.3 Å². The molecule has 0 atom stereocenters. The predicted octanol–water partition coefficient (Wildman–Crippen LogP) is 7.96. The van der Waals surface area contributed by atoms with Gasteiger partial charge in [-0.15, -0.1) is 0 Å². The van der Waals surface area contributed by atoms with Gasteiger partial charge in [-0.05, 0) is 82.9 Å². The second-order valence-electron chi connectivity index (χ2n) is 11.5. The number of piperidine rings is 1. The second kappa shape index (κ2) is 12.9. The molecule has 7 nitrogen and oxygen atoms in total. The maximum Gasteiger partial charge on any atom is 0.416 e. The molecule has 6 rings (SSSR count). The van der Waals surface area contributed by atoms with E-state index in [-0.39, 0.29) is 43.9 Å². The van der Waals surface area contributed by atoms with E-state index >= 15 is 0 Å². The van der Waals surface area contributed by atoms with Crippen LogP contribution in [0.1, 0.15) is 40.1 Å². The minimum atomic E-state index is -4.56. The average molecular weight is 661 g/mol. The normalized spacial score (nSPS) is 14.8. The van der Waals surface area contributed by atoms with E-state index < -0.39 is 23.6 Å². The van der Waals surface area contributed by atoms with Crippen molar-refractivity contribution in [1.29, 1.82) is 0 Å². The zero-order valence-electron chi connectivity index (χ0n) is 25.4. The molecular weight excluding hydrogens is 631 g/mol. The number of carbonyl (C=O) groups excluding carboxylic acids is 2. The Balaban J connectivity index is 1.29. The van der Waals surface area contributed by atoms with Crippen molar-refractivity contribution in [2.24, 2.45) is 0 Å². The Hall–Kier alpha value is -5.52. The molecule has 2 amide bonds. The fraction of sp³-hybridized carbons (Fsp3) is 0.194. The Labute approximate surface area is 271 Å². The van der Waals surface area contributed by atoms with Crippen LogP contribution in [0.4, 0.5) is 27.8 Å². The Bertz CT molecular complexity index is 1990. The van der Waals surface area contributed by atoms with E-state index in [4.69, 9.17) is 10.2 Å². The summed E-state index contributed by atoms with van der Waals surface area (Å²) < 4.78 is 74.2. The summed E-state index contributed by atoms with van der Waals surface area (Å²) in [5, 5.41) is 3.32. The molecule has 2 aromatic heterocycles. The molecule has 0 bridgehead atoms. The van der Waals surface area contributed by atoms with Gasteiger partial charge < -0.3 is 20.4 Å². The van der Waals surface area contributed by atoms with Gasteiger partial charge in [-0.1, -0.05) is 24.3 Å². The maximum absolute atomic E-state index is 13.6. The molecule has 0 aliphatic carbocycles. The zero-order chi connectivity index (χ0) is 34.1. The third-order valence-electron chi connectivity index (χ3n) is 8.09. The number of benzene rings is 3. The number of hydrogen-bond acceptors (Lipinski definition) is 5. The molecule has 0 spiro atoms. The van der Waals surface area contributed by atoms with Crippen LogP contribution in [0.2, 0.25) is 0 Å². The van der Waals surface area contributed by atoms with Crippen molar-refractivity contribution in [3.05, 3.63) is 114 Å². The molecule has 1 aliphatic rings. The molecule has 3 heterocycles. The van der Waals surface area contributed by atoms with E-state index in [0.29, 0.717) is 50.4 Å². The van der Waals surface area contributed by atoms with E-state index in [1.807, 2.05) is 0 Å². The molecule has 48 heavy (non-hydrogen) atoms. The number of anilines is 1. The summed E-state index contributed by atoms with van der Waals surface area (Å²) in [6, 6.07) is 20.0. The third kappa shape index (κ3) is 7.38. The van der Waals surface area contributed by atoms with Gasteiger partial charge in [0.25, 0.3) is 11.8 Å². The molecule has 3 aromatic carbocycles. The molecule has 1 aliphatic heterocycles. The molecule has 1 saturated heterocycles. The van der Waals surface area contributed by atoms with Crippen molar-refractivity contribution in [3.63, 3.8) is 0 Å². The Morgan fingerprint density at radius 1 is 0.938 bits per heavy atom. The summed E-state index contributed by atoms with van der Waals surface area (Å²) in [6.07, 6.45) is -0.908. The molecule has 0 radical (unpaired) electrons. The van der Waals surface area contributed by atoms with Crippen molar-refractivity contribution in [2.45, 2.75) is 31.5 Å². The second-order valence-corrected chi connectivity index (χ2v) is 11.5. The van der Waals surface area contributed by atoms with E-state index in [2.05, 4.69) is 10.3 Å². The lowest BCUT2D eigenvalue weighted by Gasteiger charge is -2.31. The number of nitrogens with zero attached hydrogens (tertiary/aromatic N) is 2. The number of rotatable bonds is 7. The lowest BCUT2D eigenvalue weighted by Crippen LogP contribution is -2.42. The van der Waals surface area contributed by atoms with Crippen molar-refractivity contribution in [1.82, 2.24) is 15.2 Å². The van der Waals surface area contributed by atoms with Crippen molar-refractivity contribution in [2.75, 3.05) is 18.8 Å². The van der Waals surface area contributed by atoms with Crippen LogP contribution >= 0.6 is 0 Å². The molecule has 12 heteroatoms. The van der Waals surface area contributed by atoms with Gasteiger partial charge in [0.05, 0.1) is 12.1 Å². The van der Waals surface area contributed by atoms with Crippen molar-refractivity contribution >= 4 is 34.7 Å². The van der Waals surface area contributed by atoms with E-state index in [9.17, 15) is 31.5 Å². The van der Waals surface area contributed by atoms with Crippen LogP contribution in [-0.2, 0) is 17.5 Å². The number of pyridine rings is 1. The fourth-order valence-corrected chi connectivity index (χ4v) is 5.48. The highest BCUT2D eigenvalue weighted by Crippen LogP contribution is 2.39. The highest BCUT2D eigenvalue weighted by molar-refractivity contribution is 5.98. The maximum atomic E-state index is 13.6.